The van der Waals surface area contributed by atoms with Gasteiger partial charge in [0.25, 0.3) is 0 Å². The van der Waals surface area contributed by atoms with Gasteiger partial charge in [-0.1, -0.05) is 22.9 Å². The summed E-state index contributed by atoms with van der Waals surface area (Å²) in [6.07, 6.45) is 2.78. The molecule has 6 heteroatoms. The van der Waals surface area contributed by atoms with Gasteiger partial charge in [0, 0.05) is 17.2 Å². The third-order valence-corrected chi connectivity index (χ3v) is 3.76. The molecule has 0 aliphatic rings. The number of ether oxygens (including phenoxy) is 1. The summed E-state index contributed by atoms with van der Waals surface area (Å²) < 4.78 is 7.18. The van der Waals surface area contributed by atoms with Crippen molar-refractivity contribution in [3.05, 3.63) is 33.3 Å². The van der Waals surface area contributed by atoms with Crippen LogP contribution in [0.25, 0.3) is 11.4 Å². The highest BCUT2D eigenvalue weighted by atomic mass is 79.9. The zero-order chi connectivity index (χ0) is 14.5. The van der Waals surface area contributed by atoms with E-state index in [9.17, 15) is 0 Å². The predicted octanol–water partition coefficient (Wildman–Crippen LogP) is 4.50. The number of aromatic nitrogens is 2. The van der Waals surface area contributed by atoms with Crippen molar-refractivity contribution in [3.63, 3.8) is 0 Å². The highest BCUT2D eigenvalue weighted by Crippen LogP contribution is 2.32. The molecule has 0 radical (unpaired) electrons. The van der Waals surface area contributed by atoms with E-state index in [2.05, 4.69) is 54.1 Å². The zero-order valence-corrected chi connectivity index (χ0v) is 14.5. The number of nitrogens with zero attached hydrogens (tertiary/aromatic N) is 2. The Morgan fingerprint density at radius 1 is 1.30 bits per heavy atom. The number of hydrogen-bond donors (Lipinski definition) is 1. The predicted molar refractivity (Wildman–Crippen MR) is 88.2 cm³/mol. The molecule has 0 amide bonds. The summed E-state index contributed by atoms with van der Waals surface area (Å²) in [6.45, 7) is 2.98. The van der Waals surface area contributed by atoms with Gasteiger partial charge in [-0.15, -0.1) is 0 Å². The maximum Gasteiger partial charge on any atom is 0.165 e. The van der Waals surface area contributed by atoms with Gasteiger partial charge in [-0.2, -0.15) is 0 Å². The molecule has 1 heterocycles. The summed E-state index contributed by atoms with van der Waals surface area (Å²) in [5.41, 5.74) is 0.855. The molecule has 0 saturated carbocycles. The second-order valence-corrected chi connectivity index (χ2v) is 5.93. The lowest BCUT2D eigenvalue weighted by Gasteiger charge is -2.11. The van der Waals surface area contributed by atoms with E-state index in [1.165, 1.54) is 0 Å². The van der Waals surface area contributed by atoms with E-state index in [1.54, 1.807) is 13.3 Å². The maximum atomic E-state index is 5.37. The Balaban J connectivity index is 2.44. The van der Waals surface area contributed by atoms with Crippen molar-refractivity contribution < 1.29 is 4.74 Å². The van der Waals surface area contributed by atoms with E-state index in [4.69, 9.17) is 4.74 Å². The Bertz CT molecular complexity index is 605. The van der Waals surface area contributed by atoms with E-state index in [0.717, 1.165) is 39.0 Å². The fraction of sp³-hybridized carbons (Fsp3) is 0.286. The Morgan fingerprint density at radius 2 is 2.10 bits per heavy atom. The molecule has 2 aromatic rings. The normalized spacial score (nSPS) is 10.4. The average Bonchev–Trinajstić information content (AvgIpc) is 2.46. The van der Waals surface area contributed by atoms with Crippen molar-refractivity contribution in [2.45, 2.75) is 13.3 Å². The first-order valence-electron chi connectivity index (χ1n) is 6.26. The topological polar surface area (TPSA) is 47.0 Å². The summed E-state index contributed by atoms with van der Waals surface area (Å²) in [4.78, 5) is 8.93. The van der Waals surface area contributed by atoms with Crippen molar-refractivity contribution in [3.8, 4) is 17.1 Å². The summed E-state index contributed by atoms with van der Waals surface area (Å²) >= 11 is 6.92. The van der Waals surface area contributed by atoms with Gasteiger partial charge >= 0.3 is 0 Å². The SMILES string of the molecule is CCCNc1nc(-c2cc(Br)ccc2OC)ncc1Br. The molecule has 0 aliphatic carbocycles. The highest BCUT2D eigenvalue weighted by Gasteiger charge is 2.12. The second-order valence-electron chi connectivity index (χ2n) is 4.16. The van der Waals surface area contributed by atoms with Gasteiger partial charge < -0.3 is 10.1 Å². The summed E-state index contributed by atoms with van der Waals surface area (Å²) in [7, 11) is 1.64. The van der Waals surface area contributed by atoms with Crippen molar-refractivity contribution >= 4 is 37.7 Å². The fourth-order valence-electron chi connectivity index (χ4n) is 1.72. The quantitative estimate of drug-likeness (QED) is 0.802. The number of benzene rings is 1. The van der Waals surface area contributed by atoms with E-state index in [1.807, 2.05) is 18.2 Å². The number of halogens is 2. The Hall–Kier alpha value is -1.14. The third kappa shape index (κ3) is 3.49. The molecule has 106 valence electrons. The van der Waals surface area contributed by atoms with Crippen LogP contribution in [0.15, 0.2) is 33.3 Å². The van der Waals surface area contributed by atoms with Crippen LogP contribution in [0.1, 0.15) is 13.3 Å². The number of methoxy groups -OCH3 is 1. The lowest BCUT2D eigenvalue weighted by atomic mass is 10.2. The highest BCUT2D eigenvalue weighted by molar-refractivity contribution is 9.10. The molecule has 0 aliphatic heterocycles. The molecule has 2 rings (SSSR count). The Labute approximate surface area is 135 Å². The summed E-state index contributed by atoms with van der Waals surface area (Å²) in [5, 5.41) is 3.27. The minimum absolute atomic E-state index is 0.630. The number of nitrogens with one attached hydrogen (secondary N) is 1. The lowest BCUT2D eigenvalue weighted by molar-refractivity contribution is 0.416. The van der Waals surface area contributed by atoms with Crippen LogP contribution in [-0.4, -0.2) is 23.6 Å². The standard InChI is InChI=1S/C14H15Br2N3O/c1-3-6-17-14-11(16)8-18-13(19-14)10-7-9(15)4-5-12(10)20-2/h4-5,7-8H,3,6H2,1-2H3,(H,17,18,19). The molecule has 4 nitrogen and oxygen atoms in total. The number of anilines is 1. The third-order valence-electron chi connectivity index (χ3n) is 2.69. The van der Waals surface area contributed by atoms with Crippen LogP contribution in [-0.2, 0) is 0 Å². The van der Waals surface area contributed by atoms with Crippen LogP contribution in [0, 0.1) is 0 Å². The van der Waals surface area contributed by atoms with Crippen LogP contribution in [0.4, 0.5) is 5.82 Å². The molecule has 1 N–H and O–H groups in total. The molecular weight excluding hydrogens is 386 g/mol. The van der Waals surface area contributed by atoms with E-state index >= 15 is 0 Å². The molecule has 0 atom stereocenters. The molecule has 0 saturated heterocycles. The Kier molecular flexibility index (Phi) is 5.37. The molecule has 1 aromatic heterocycles. The average molecular weight is 401 g/mol. The molecule has 0 bridgehead atoms. The van der Waals surface area contributed by atoms with Gasteiger partial charge in [0.1, 0.15) is 11.6 Å². The zero-order valence-electron chi connectivity index (χ0n) is 11.3. The van der Waals surface area contributed by atoms with Crippen molar-refractivity contribution in [1.82, 2.24) is 9.97 Å². The van der Waals surface area contributed by atoms with Crippen LogP contribution in [0.3, 0.4) is 0 Å². The first-order chi connectivity index (χ1) is 9.65. The maximum absolute atomic E-state index is 5.37. The summed E-state index contributed by atoms with van der Waals surface area (Å²) in [6, 6.07) is 5.77. The van der Waals surface area contributed by atoms with Crippen molar-refractivity contribution in [1.29, 1.82) is 0 Å². The van der Waals surface area contributed by atoms with Gasteiger partial charge in [0.05, 0.1) is 17.1 Å². The number of hydrogen-bond acceptors (Lipinski definition) is 4. The van der Waals surface area contributed by atoms with E-state index in [0.29, 0.717) is 5.82 Å². The van der Waals surface area contributed by atoms with Gasteiger partial charge in [-0.25, -0.2) is 9.97 Å². The lowest BCUT2D eigenvalue weighted by Crippen LogP contribution is -2.04. The van der Waals surface area contributed by atoms with Gasteiger partial charge in [0.2, 0.25) is 0 Å². The minimum Gasteiger partial charge on any atom is -0.496 e. The number of rotatable bonds is 5. The first-order valence-corrected chi connectivity index (χ1v) is 7.84. The monoisotopic (exact) mass is 399 g/mol. The van der Waals surface area contributed by atoms with Crippen molar-refractivity contribution in [2.75, 3.05) is 19.0 Å². The molecule has 20 heavy (non-hydrogen) atoms. The van der Waals surface area contributed by atoms with Crippen LogP contribution in [0.2, 0.25) is 0 Å². The van der Waals surface area contributed by atoms with Gasteiger partial charge in [0.15, 0.2) is 5.82 Å². The molecular formula is C14H15Br2N3O. The molecule has 0 spiro atoms. The Morgan fingerprint density at radius 3 is 2.80 bits per heavy atom. The van der Waals surface area contributed by atoms with E-state index < -0.39 is 0 Å². The molecule has 0 unspecified atom stereocenters. The van der Waals surface area contributed by atoms with Crippen molar-refractivity contribution in [2.24, 2.45) is 0 Å². The smallest absolute Gasteiger partial charge is 0.165 e. The first kappa shape index (κ1) is 15.3. The largest absolute Gasteiger partial charge is 0.496 e. The van der Waals surface area contributed by atoms with Crippen LogP contribution in [0.5, 0.6) is 5.75 Å². The second kappa shape index (κ2) is 7.04. The van der Waals surface area contributed by atoms with Gasteiger partial charge in [-0.05, 0) is 40.5 Å². The molecule has 0 fully saturated rings. The molecule has 1 aromatic carbocycles. The minimum atomic E-state index is 0.630. The van der Waals surface area contributed by atoms with E-state index in [-0.39, 0.29) is 0 Å². The van der Waals surface area contributed by atoms with Crippen LogP contribution >= 0.6 is 31.9 Å². The fourth-order valence-corrected chi connectivity index (χ4v) is 2.41. The summed E-state index contributed by atoms with van der Waals surface area (Å²) in [5.74, 6) is 2.17. The van der Waals surface area contributed by atoms with Crippen LogP contribution < -0.4 is 10.1 Å². The van der Waals surface area contributed by atoms with Gasteiger partial charge in [-0.3, -0.25) is 0 Å².